The van der Waals surface area contributed by atoms with Crippen LogP contribution >= 0.6 is 0 Å². The third kappa shape index (κ3) is 8.03. The minimum atomic E-state index is -1.53. The van der Waals surface area contributed by atoms with Gasteiger partial charge in [0.2, 0.25) is 0 Å². The van der Waals surface area contributed by atoms with Crippen molar-refractivity contribution in [2.75, 3.05) is 32.8 Å². The van der Waals surface area contributed by atoms with E-state index >= 15 is 0 Å². The minimum absolute atomic E-state index is 0.0184. The van der Waals surface area contributed by atoms with E-state index in [-0.39, 0.29) is 31.5 Å². The molecule has 234 valence electrons. The Labute approximate surface area is 232 Å². The number of aliphatic hydroxyl groups is 6. The van der Waals surface area contributed by atoms with Crippen molar-refractivity contribution >= 4 is 5.84 Å². The third-order valence-electron chi connectivity index (χ3n) is 7.55. The zero-order chi connectivity index (χ0) is 29.6. The number of nitrogens with zero attached hydrogens (tertiary/aromatic N) is 1. The molecular formula is C23H47N7O10. The van der Waals surface area contributed by atoms with Gasteiger partial charge in [-0.2, -0.15) is 0 Å². The standard InChI is InChI=1S/C23H47N7O10/c24-6-13(33)21(28)30-12-5-11(26)19(39-22-10(25)2-1-9(37-22)7-29-3-4-31)18(36)20(12)40-23-17(35)15(27)16(34)14(8-32)38-23/h9-20,22-23,29,31-36H,1-8,24-27H2,(H2,28,30). The predicted molar refractivity (Wildman–Crippen MR) is 140 cm³/mol. The zero-order valence-corrected chi connectivity index (χ0v) is 22.4. The molecule has 3 fully saturated rings. The zero-order valence-electron chi connectivity index (χ0n) is 22.4. The molecule has 0 amide bonds. The molecule has 14 unspecified atom stereocenters. The molecule has 2 saturated heterocycles. The highest BCUT2D eigenvalue weighted by molar-refractivity contribution is 5.85. The van der Waals surface area contributed by atoms with Crippen LogP contribution < -0.4 is 34.0 Å². The van der Waals surface area contributed by atoms with Crippen molar-refractivity contribution in [3.63, 3.8) is 0 Å². The summed E-state index contributed by atoms with van der Waals surface area (Å²) < 4.78 is 23.6. The fourth-order valence-electron chi connectivity index (χ4n) is 5.13. The SMILES string of the molecule is NCC(O)C(N)=NC1CC(N)C(OC2OC(CNCCO)CCC2N)C(O)C1OC1OC(CO)C(O)C(N)C1O. The van der Waals surface area contributed by atoms with Gasteiger partial charge >= 0.3 is 0 Å². The van der Waals surface area contributed by atoms with E-state index < -0.39 is 86.1 Å². The summed E-state index contributed by atoms with van der Waals surface area (Å²) in [5.41, 5.74) is 30.0. The molecule has 0 bridgehead atoms. The topological polar surface area (TPSA) is 313 Å². The van der Waals surface area contributed by atoms with Gasteiger partial charge in [-0.05, 0) is 19.3 Å². The van der Waals surface area contributed by atoms with Crippen LogP contribution in [0.3, 0.4) is 0 Å². The van der Waals surface area contributed by atoms with Crippen molar-refractivity contribution in [3.8, 4) is 0 Å². The first-order valence-electron chi connectivity index (χ1n) is 13.6. The van der Waals surface area contributed by atoms with Crippen molar-refractivity contribution in [2.45, 2.75) is 105 Å². The van der Waals surface area contributed by atoms with Gasteiger partial charge in [0.1, 0.15) is 48.6 Å². The van der Waals surface area contributed by atoms with Gasteiger partial charge in [0.05, 0.1) is 37.4 Å². The third-order valence-corrected chi connectivity index (χ3v) is 7.55. The molecule has 40 heavy (non-hydrogen) atoms. The maximum Gasteiger partial charge on any atom is 0.186 e. The summed E-state index contributed by atoms with van der Waals surface area (Å²) in [6.07, 6.45) is -10.4. The molecule has 17 nitrogen and oxygen atoms in total. The fraction of sp³-hybridized carbons (Fsp3) is 0.957. The van der Waals surface area contributed by atoms with E-state index in [9.17, 15) is 25.5 Å². The summed E-state index contributed by atoms with van der Waals surface area (Å²) in [5, 5.41) is 64.0. The monoisotopic (exact) mass is 581 g/mol. The molecule has 1 aliphatic carbocycles. The lowest BCUT2D eigenvalue weighted by molar-refractivity contribution is -0.312. The number of aliphatic imine (C=N–C) groups is 1. The molecule has 14 atom stereocenters. The highest BCUT2D eigenvalue weighted by atomic mass is 16.7. The molecule has 17 N–H and O–H groups in total. The quantitative estimate of drug-likeness (QED) is 0.0578. The van der Waals surface area contributed by atoms with Crippen LogP contribution in [0.1, 0.15) is 19.3 Å². The number of rotatable bonds is 12. The summed E-state index contributed by atoms with van der Waals surface area (Å²) in [7, 11) is 0. The highest BCUT2D eigenvalue weighted by Gasteiger charge is 2.50. The van der Waals surface area contributed by atoms with E-state index in [1.165, 1.54) is 0 Å². The van der Waals surface area contributed by atoms with Crippen molar-refractivity contribution in [1.82, 2.24) is 5.32 Å². The Bertz CT molecular complexity index is 801. The van der Waals surface area contributed by atoms with Gasteiger partial charge in [-0.1, -0.05) is 0 Å². The average Bonchev–Trinajstić information content (AvgIpc) is 2.94. The molecule has 0 aromatic heterocycles. The highest BCUT2D eigenvalue weighted by Crippen LogP contribution is 2.32. The van der Waals surface area contributed by atoms with Crippen molar-refractivity contribution in [3.05, 3.63) is 0 Å². The van der Waals surface area contributed by atoms with Crippen molar-refractivity contribution < 1.29 is 49.6 Å². The summed E-state index contributed by atoms with van der Waals surface area (Å²) in [4.78, 5) is 4.29. The molecule has 2 aliphatic heterocycles. The van der Waals surface area contributed by atoms with Gasteiger partial charge in [-0.15, -0.1) is 0 Å². The fourth-order valence-corrected chi connectivity index (χ4v) is 5.13. The number of amidine groups is 1. The number of ether oxygens (including phenoxy) is 4. The first kappa shape index (κ1) is 33.4. The Balaban J connectivity index is 1.81. The van der Waals surface area contributed by atoms with E-state index in [2.05, 4.69) is 10.3 Å². The molecule has 3 aliphatic rings. The number of aliphatic hydroxyl groups excluding tert-OH is 6. The van der Waals surface area contributed by atoms with Gasteiger partial charge in [-0.25, -0.2) is 0 Å². The predicted octanol–water partition coefficient (Wildman–Crippen LogP) is -6.93. The lowest BCUT2D eigenvalue weighted by atomic mass is 9.84. The van der Waals surface area contributed by atoms with E-state index in [1.54, 1.807) is 0 Å². The molecule has 17 heteroatoms. The van der Waals surface area contributed by atoms with Crippen LogP contribution in [0.5, 0.6) is 0 Å². The van der Waals surface area contributed by atoms with E-state index in [0.29, 0.717) is 25.9 Å². The lowest BCUT2D eigenvalue weighted by Gasteiger charge is -2.47. The van der Waals surface area contributed by atoms with Crippen LogP contribution in [0.2, 0.25) is 0 Å². The number of hydrogen-bond acceptors (Lipinski definition) is 16. The van der Waals surface area contributed by atoms with Crippen LogP contribution in [-0.4, -0.2) is 155 Å². The Morgan fingerprint density at radius 2 is 1.65 bits per heavy atom. The summed E-state index contributed by atoms with van der Waals surface area (Å²) in [6.45, 7) is 0.0456. The number of nitrogens with one attached hydrogen (secondary N) is 1. The average molecular weight is 582 g/mol. The van der Waals surface area contributed by atoms with Gasteiger partial charge in [0, 0.05) is 25.7 Å². The van der Waals surface area contributed by atoms with Crippen molar-refractivity contribution in [1.29, 1.82) is 0 Å². The number of hydrogen-bond donors (Lipinski definition) is 12. The maximum absolute atomic E-state index is 11.5. The molecule has 0 radical (unpaired) electrons. The normalized spacial score (nSPS) is 44.0. The molecule has 1 saturated carbocycles. The Hall–Kier alpha value is -1.13. The van der Waals surface area contributed by atoms with Gasteiger partial charge in [0.25, 0.3) is 0 Å². The van der Waals surface area contributed by atoms with E-state index in [0.717, 1.165) is 0 Å². The van der Waals surface area contributed by atoms with Crippen LogP contribution in [0, 0.1) is 0 Å². The summed E-state index contributed by atoms with van der Waals surface area (Å²) >= 11 is 0. The second kappa shape index (κ2) is 15.4. The second-order valence-corrected chi connectivity index (χ2v) is 10.5. The van der Waals surface area contributed by atoms with Crippen molar-refractivity contribution in [2.24, 2.45) is 33.7 Å². The summed E-state index contributed by atoms with van der Waals surface area (Å²) in [5.74, 6) is -0.207. The van der Waals surface area contributed by atoms with Crippen LogP contribution in [0.4, 0.5) is 0 Å². The van der Waals surface area contributed by atoms with Gasteiger partial charge in [-0.3, -0.25) is 4.99 Å². The van der Waals surface area contributed by atoms with Crippen LogP contribution in [-0.2, 0) is 18.9 Å². The first-order chi connectivity index (χ1) is 19.0. The van der Waals surface area contributed by atoms with Gasteiger partial charge < -0.3 is 83.6 Å². The molecule has 0 aromatic carbocycles. The number of nitrogens with two attached hydrogens (primary N) is 5. The molecule has 3 rings (SSSR count). The first-order valence-corrected chi connectivity index (χ1v) is 13.6. The van der Waals surface area contributed by atoms with E-state index in [4.69, 9.17) is 52.7 Å². The Morgan fingerprint density at radius 3 is 2.30 bits per heavy atom. The molecular weight excluding hydrogens is 534 g/mol. The smallest absolute Gasteiger partial charge is 0.186 e. The molecule has 0 spiro atoms. The Kier molecular flexibility index (Phi) is 12.8. The molecule has 0 aromatic rings. The van der Waals surface area contributed by atoms with Crippen LogP contribution in [0.15, 0.2) is 4.99 Å². The van der Waals surface area contributed by atoms with Crippen LogP contribution in [0.25, 0.3) is 0 Å². The lowest BCUT2D eigenvalue weighted by Crippen LogP contribution is -2.66. The second-order valence-electron chi connectivity index (χ2n) is 10.5. The van der Waals surface area contributed by atoms with Gasteiger partial charge in [0.15, 0.2) is 12.6 Å². The summed E-state index contributed by atoms with van der Waals surface area (Å²) in [6, 6.07) is -3.47. The van der Waals surface area contributed by atoms with E-state index in [1.807, 2.05) is 0 Å². The molecule has 2 heterocycles. The largest absolute Gasteiger partial charge is 0.395 e. The minimum Gasteiger partial charge on any atom is -0.395 e. The maximum atomic E-state index is 11.5. The Morgan fingerprint density at radius 1 is 0.950 bits per heavy atom.